The van der Waals surface area contributed by atoms with E-state index in [0.29, 0.717) is 5.82 Å². The number of pyridine rings is 1. The normalized spacial score (nSPS) is 12.0. The van der Waals surface area contributed by atoms with Crippen molar-refractivity contribution in [3.63, 3.8) is 0 Å². The Bertz CT molecular complexity index is 626. The Morgan fingerprint density at radius 1 is 1.38 bits per heavy atom. The van der Waals surface area contributed by atoms with Crippen LogP contribution in [0.2, 0.25) is 5.02 Å². The van der Waals surface area contributed by atoms with Gasteiger partial charge in [-0.1, -0.05) is 11.6 Å². The minimum absolute atomic E-state index is 0.102. The van der Waals surface area contributed by atoms with Crippen molar-refractivity contribution in [1.82, 2.24) is 15.0 Å². The van der Waals surface area contributed by atoms with E-state index in [9.17, 15) is 13.2 Å². The molecule has 0 saturated carbocycles. The van der Waals surface area contributed by atoms with Crippen molar-refractivity contribution in [2.45, 2.75) is 31.2 Å². The van der Waals surface area contributed by atoms with Gasteiger partial charge in [-0.15, -0.1) is 0 Å². The van der Waals surface area contributed by atoms with Crippen molar-refractivity contribution in [2.24, 2.45) is 0 Å². The summed E-state index contributed by atoms with van der Waals surface area (Å²) in [6.45, 7) is 5.06. The molecule has 0 radical (unpaired) electrons. The topological polar surface area (TPSA) is 100 Å². The van der Waals surface area contributed by atoms with Crippen LogP contribution in [-0.4, -0.2) is 38.4 Å². The van der Waals surface area contributed by atoms with Gasteiger partial charge in [0.15, 0.2) is 0 Å². The van der Waals surface area contributed by atoms with Crippen LogP contribution in [-0.2, 0) is 14.8 Å². The molecule has 1 heterocycles. The van der Waals surface area contributed by atoms with Crippen molar-refractivity contribution in [3.8, 4) is 0 Å². The third-order valence-corrected chi connectivity index (χ3v) is 3.96. The van der Waals surface area contributed by atoms with E-state index in [1.54, 1.807) is 27.8 Å². The first-order valence-electron chi connectivity index (χ1n) is 6.19. The molecule has 1 aromatic heterocycles. The first kappa shape index (κ1) is 17.7. The zero-order chi connectivity index (χ0) is 16.3. The van der Waals surface area contributed by atoms with E-state index in [4.69, 9.17) is 11.6 Å². The van der Waals surface area contributed by atoms with Gasteiger partial charge in [-0.05, 0) is 26.8 Å². The standard InChI is InChI=1S/C12H19ClN4O3S/c1-12(2,3)17-10(18)7-16-21(19,20)8-5-9(13)11(14-4)15-6-8/h5-6,16H,7H2,1-4H3,(H,14,15)(H,17,18). The average molecular weight is 335 g/mol. The monoisotopic (exact) mass is 334 g/mol. The summed E-state index contributed by atoms with van der Waals surface area (Å²) in [4.78, 5) is 15.4. The minimum atomic E-state index is -3.84. The molecular formula is C12H19ClN4O3S. The SMILES string of the molecule is CNc1ncc(S(=O)(=O)NCC(=O)NC(C)(C)C)cc1Cl. The molecule has 3 N–H and O–H groups in total. The zero-order valence-corrected chi connectivity index (χ0v) is 13.9. The molecule has 0 unspecified atom stereocenters. The number of nitrogens with one attached hydrogen (secondary N) is 3. The molecule has 9 heteroatoms. The van der Waals surface area contributed by atoms with Gasteiger partial charge >= 0.3 is 0 Å². The second-order valence-corrected chi connectivity index (χ2v) is 7.55. The number of anilines is 1. The number of hydrogen-bond acceptors (Lipinski definition) is 5. The highest BCUT2D eigenvalue weighted by Crippen LogP contribution is 2.21. The molecular weight excluding hydrogens is 316 g/mol. The zero-order valence-electron chi connectivity index (χ0n) is 12.3. The third kappa shape index (κ3) is 5.49. The molecule has 0 bridgehead atoms. The van der Waals surface area contributed by atoms with E-state index in [0.717, 1.165) is 0 Å². The molecule has 21 heavy (non-hydrogen) atoms. The van der Waals surface area contributed by atoms with Gasteiger partial charge in [-0.3, -0.25) is 4.79 Å². The molecule has 0 aromatic carbocycles. The van der Waals surface area contributed by atoms with Crippen LogP contribution in [0, 0.1) is 0 Å². The molecule has 0 fully saturated rings. The van der Waals surface area contributed by atoms with Crippen molar-refractivity contribution >= 4 is 33.3 Å². The van der Waals surface area contributed by atoms with Gasteiger partial charge in [0.25, 0.3) is 0 Å². The lowest BCUT2D eigenvalue weighted by atomic mass is 10.1. The van der Waals surface area contributed by atoms with Crippen molar-refractivity contribution in [2.75, 3.05) is 18.9 Å². The summed E-state index contributed by atoms with van der Waals surface area (Å²) >= 11 is 5.89. The molecule has 118 valence electrons. The highest BCUT2D eigenvalue weighted by atomic mass is 35.5. The lowest BCUT2D eigenvalue weighted by Crippen LogP contribution is -2.45. The van der Waals surface area contributed by atoms with Crippen molar-refractivity contribution in [1.29, 1.82) is 0 Å². The highest BCUT2D eigenvalue weighted by Gasteiger charge is 2.19. The van der Waals surface area contributed by atoms with Crippen LogP contribution in [0.4, 0.5) is 5.82 Å². The number of carbonyl (C=O) groups excluding carboxylic acids is 1. The fourth-order valence-electron chi connectivity index (χ4n) is 1.46. The maximum atomic E-state index is 12.0. The average Bonchev–Trinajstić information content (AvgIpc) is 2.34. The summed E-state index contributed by atoms with van der Waals surface area (Å²) in [5.41, 5.74) is -0.429. The Kier molecular flexibility index (Phi) is 5.54. The van der Waals surface area contributed by atoms with Gasteiger partial charge in [-0.25, -0.2) is 18.1 Å². The van der Waals surface area contributed by atoms with Crippen LogP contribution in [0.1, 0.15) is 20.8 Å². The molecule has 0 atom stereocenters. The van der Waals surface area contributed by atoms with Crippen LogP contribution in [0.15, 0.2) is 17.2 Å². The predicted molar refractivity (Wildman–Crippen MR) is 81.9 cm³/mol. The fraction of sp³-hybridized carbons (Fsp3) is 0.500. The minimum Gasteiger partial charge on any atom is -0.372 e. The molecule has 0 spiro atoms. The Morgan fingerprint density at radius 2 is 2.00 bits per heavy atom. The summed E-state index contributed by atoms with van der Waals surface area (Å²) in [6.07, 6.45) is 1.17. The molecule has 0 aliphatic rings. The number of hydrogen-bond donors (Lipinski definition) is 3. The smallest absolute Gasteiger partial charge is 0.242 e. The van der Waals surface area contributed by atoms with Gasteiger partial charge in [-0.2, -0.15) is 0 Å². The van der Waals surface area contributed by atoms with E-state index in [1.807, 2.05) is 0 Å². The van der Waals surface area contributed by atoms with E-state index in [1.165, 1.54) is 12.3 Å². The number of nitrogens with zero attached hydrogens (tertiary/aromatic N) is 1. The fourth-order valence-corrected chi connectivity index (χ4v) is 2.74. The molecule has 0 aliphatic heterocycles. The molecule has 1 amide bonds. The van der Waals surface area contributed by atoms with Crippen LogP contribution >= 0.6 is 11.6 Å². The van der Waals surface area contributed by atoms with Gasteiger partial charge in [0.1, 0.15) is 10.7 Å². The lowest BCUT2D eigenvalue weighted by molar-refractivity contribution is -0.121. The summed E-state index contributed by atoms with van der Waals surface area (Å²) in [7, 11) is -2.22. The maximum Gasteiger partial charge on any atom is 0.242 e. The van der Waals surface area contributed by atoms with Crippen molar-refractivity contribution < 1.29 is 13.2 Å². The molecule has 7 nitrogen and oxygen atoms in total. The summed E-state index contributed by atoms with van der Waals surface area (Å²) in [5.74, 6) is -0.0435. The number of carbonyl (C=O) groups is 1. The van der Waals surface area contributed by atoms with Gasteiger partial charge in [0, 0.05) is 18.8 Å². The summed E-state index contributed by atoms with van der Waals surface area (Å²) in [5, 5.41) is 5.56. The molecule has 0 saturated heterocycles. The summed E-state index contributed by atoms with van der Waals surface area (Å²) in [6, 6.07) is 1.27. The van der Waals surface area contributed by atoms with E-state index in [-0.39, 0.29) is 16.5 Å². The largest absolute Gasteiger partial charge is 0.372 e. The second kappa shape index (κ2) is 6.59. The Hall–Kier alpha value is -1.38. The first-order valence-corrected chi connectivity index (χ1v) is 8.05. The lowest BCUT2D eigenvalue weighted by Gasteiger charge is -2.20. The molecule has 1 aromatic rings. The summed E-state index contributed by atoms with van der Waals surface area (Å²) < 4.78 is 26.3. The number of halogens is 1. The van der Waals surface area contributed by atoms with Crippen molar-refractivity contribution in [3.05, 3.63) is 17.3 Å². The second-order valence-electron chi connectivity index (χ2n) is 5.37. The Balaban J connectivity index is 2.78. The Labute approximate surface area is 129 Å². The van der Waals surface area contributed by atoms with Gasteiger partial charge in [0.2, 0.25) is 15.9 Å². The van der Waals surface area contributed by atoms with Gasteiger partial charge < -0.3 is 10.6 Å². The van der Waals surface area contributed by atoms with Crippen LogP contribution < -0.4 is 15.4 Å². The number of amides is 1. The number of sulfonamides is 1. The highest BCUT2D eigenvalue weighted by molar-refractivity contribution is 7.89. The van der Waals surface area contributed by atoms with Crippen LogP contribution in [0.25, 0.3) is 0 Å². The predicted octanol–water partition coefficient (Wildman–Crippen LogP) is 0.970. The number of rotatable bonds is 5. The van der Waals surface area contributed by atoms with E-state index in [2.05, 4.69) is 20.3 Å². The first-order chi connectivity index (χ1) is 9.55. The van der Waals surface area contributed by atoms with Crippen LogP contribution in [0.5, 0.6) is 0 Å². The third-order valence-electron chi connectivity index (χ3n) is 2.30. The van der Waals surface area contributed by atoms with E-state index >= 15 is 0 Å². The maximum absolute atomic E-state index is 12.0. The Morgan fingerprint density at radius 3 is 2.48 bits per heavy atom. The quantitative estimate of drug-likeness (QED) is 0.745. The number of aromatic nitrogens is 1. The molecule has 1 rings (SSSR count). The van der Waals surface area contributed by atoms with Gasteiger partial charge in [0.05, 0.1) is 11.6 Å². The molecule has 0 aliphatic carbocycles. The van der Waals surface area contributed by atoms with Crippen LogP contribution in [0.3, 0.4) is 0 Å². The van der Waals surface area contributed by atoms with E-state index < -0.39 is 21.5 Å².